The van der Waals surface area contributed by atoms with E-state index in [4.69, 9.17) is 10.2 Å². The van der Waals surface area contributed by atoms with Crippen LogP contribution in [0.1, 0.15) is 0 Å². The van der Waals surface area contributed by atoms with Crippen molar-refractivity contribution in [3.63, 3.8) is 0 Å². The molecule has 3 heterocycles. The molecule has 5 nitrogen and oxygen atoms in total. The zero-order chi connectivity index (χ0) is 42.1. The Morgan fingerprint density at radius 2 is 0.781 bits per heavy atom. The summed E-state index contributed by atoms with van der Waals surface area (Å²) in [5.41, 5.74) is 10.6. The van der Waals surface area contributed by atoms with Crippen molar-refractivity contribution in [2.45, 2.75) is 0 Å². The average molecular weight is 814 g/mol. The van der Waals surface area contributed by atoms with Crippen LogP contribution in [0.4, 0.5) is 0 Å². The van der Waals surface area contributed by atoms with Gasteiger partial charge in [0, 0.05) is 45.1 Å². The van der Waals surface area contributed by atoms with Gasteiger partial charge in [0.05, 0.1) is 12.4 Å². The number of aromatic nitrogens is 5. The van der Waals surface area contributed by atoms with E-state index in [-0.39, 0.29) is 0 Å². The monoisotopic (exact) mass is 813 g/mol. The van der Waals surface area contributed by atoms with Crippen LogP contribution in [0.15, 0.2) is 213 Å². The number of benzene rings is 10. The molecule has 3 aromatic heterocycles. The molecule has 0 aliphatic heterocycles. The van der Waals surface area contributed by atoms with E-state index in [1.807, 2.05) is 18.6 Å². The topological polar surface area (TPSA) is 64.5 Å². The Kier molecular flexibility index (Phi) is 8.15. The molecule has 5 heteroatoms. The van der Waals surface area contributed by atoms with Gasteiger partial charge in [-0.1, -0.05) is 158 Å². The van der Waals surface area contributed by atoms with Crippen molar-refractivity contribution in [1.29, 1.82) is 0 Å². The Morgan fingerprint density at radius 3 is 1.56 bits per heavy atom. The fourth-order valence-electron chi connectivity index (χ4n) is 10.1. The number of nitrogens with zero attached hydrogens (tertiary/aromatic N) is 5. The minimum atomic E-state index is 0.803. The molecule has 0 fully saturated rings. The van der Waals surface area contributed by atoms with E-state index in [9.17, 15) is 0 Å². The Bertz CT molecular complexity index is 4000. The van der Waals surface area contributed by atoms with E-state index < -0.39 is 0 Å². The molecule has 10 aromatic carbocycles. The second-order valence-corrected chi connectivity index (χ2v) is 16.5. The van der Waals surface area contributed by atoms with Crippen LogP contribution in [0.2, 0.25) is 0 Å². The maximum absolute atomic E-state index is 5.05. The van der Waals surface area contributed by atoms with E-state index in [0.29, 0.717) is 0 Å². The minimum Gasteiger partial charge on any atom is -0.264 e. The van der Waals surface area contributed by atoms with Gasteiger partial charge < -0.3 is 0 Å². The maximum atomic E-state index is 5.05. The van der Waals surface area contributed by atoms with Crippen LogP contribution in [0.25, 0.3) is 131 Å². The van der Waals surface area contributed by atoms with Crippen molar-refractivity contribution in [2.24, 2.45) is 0 Å². The fourth-order valence-corrected chi connectivity index (χ4v) is 10.1. The summed E-state index contributed by atoms with van der Waals surface area (Å²) in [6.45, 7) is 0. The number of hydrogen-bond donors (Lipinski definition) is 0. The van der Waals surface area contributed by atoms with E-state index in [1.165, 1.54) is 38.2 Å². The lowest BCUT2D eigenvalue weighted by Crippen LogP contribution is -1.99. The van der Waals surface area contributed by atoms with Crippen LogP contribution in [0.3, 0.4) is 0 Å². The first-order valence-electron chi connectivity index (χ1n) is 21.6. The Hall–Kier alpha value is -8.67. The first-order chi connectivity index (χ1) is 31.8. The van der Waals surface area contributed by atoms with Gasteiger partial charge in [0.25, 0.3) is 0 Å². The van der Waals surface area contributed by atoms with Crippen LogP contribution in [-0.4, -0.2) is 25.4 Å². The third-order valence-electron chi connectivity index (χ3n) is 13.0. The first kappa shape index (κ1) is 36.0. The number of pyridine rings is 1. The molecule has 0 radical (unpaired) electrons. The average Bonchev–Trinajstić information content (AvgIpc) is 3.37. The molecule has 0 aliphatic rings. The normalized spacial score (nSPS) is 11.8. The smallest absolute Gasteiger partial charge is 0.102 e. The third-order valence-corrected chi connectivity index (χ3v) is 13.0. The van der Waals surface area contributed by atoms with Crippen molar-refractivity contribution in [1.82, 2.24) is 25.4 Å². The van der Waals surface area contributed by atoms with E-state index in [1.54, 1.807) is 6.20 Å². The van der Waals surface area contributed by atoms with E-state index in [2.05, 4.69) is 203 Å². The highest BCUT2D eigenvalue weighted by atomic mass is 15.1. The molecule has 0 amide bonds. The Balaban J connectivity index is 1.29. The van der Waals surface area contributed by atoms with Crippen molar-refractivity contribution in [2.75, 3.05) is 0 Å². The molecule has 0 N–H and O–H groups in total. The molecule has 0 spiro atoms. The summed E-state index contributed by atoms with van der Waals surface area (Å²) < 4.78 is 0. The number of fused-ring (bicyclic) bond motifs is 8. The minimum absolute atomic E-state index is 0.803. The summed E-state index contributed by atoms with van der Waals surface area (Å²) in [6.07, 6.45) is 7.37. The number of rotatable bonds is 5. The molecule has 0 unspecified atom stereocenters. The highest BCUT2D eigenvalue weighted by Crippen LogP contribution is 2.51. The van der Waals surface area contributed by atoms with Gasteiger partial charge in [-0.3, -0.25) is 4.98 Å². The van der Waals surface area contributed by atoms with Gasteiger partial charge in [0.2, 0.25) is 0 Å². The SMILES string of the molecule is c1ccc(-c2ccc3c(-c4nncc5cnccc45)c4cc5c(cc4c(-c4nncc6ccccc46)c3c2)c(-c2ccccc2)c(-c2ccc3ccccc3c2)c2ccccc25)cc1. The maximum Gasteiger partial charge on any atom is 0.102 e. The molecule has 0 aliphatic carbocycles. The lowest BCUT2D eigenvalue weighted by atomic mass is 9.81. The van der Waals surface area contributed by atoms with Crippen molar-refractivity contribution in [3.8, 4) is 55.9 Å². The van der Waals surface area contributed by atoms with Crippen LogP contribution in [0.5, 0.6) is 0 Å². The third kappa shape index (κ3) is 5.61. The molecule has 0 saturated carbocycles. The summed E-state index contributed by atoms with van der Waals surface area (Å²) in [5, 5.41) is 34.6. The van der Waals surface area contributed by atoms with Gasteiger partial charge in [0.1, 0.15) is 11.4 Å². The zero-order valence-electron chi connectivity index (χ0n) is 34.4. The van der Waals surface area contributed by atoms with E-state index in [0.717, 1.165) is 93.1 Å². The standard InChI is InChI=1S/C59H35N5/c1-3-13-36(14-4-1)40-25-26-48-50(30-40)57(58-44-20-10-9-19-42(44)34-61-63-58)53-32-51-49(31-52(53)56(48)59-45-27-28-60-33-43(45)35-62-64-59)46-21-11-12-22-47(46)55(54(51)38-16-5-2-6-17-38)41-24-23-37-15-7-8-18-39(37)29-41/h1-35H. The van der Waals surface area contributed by atoms with Crippen LogP contribution < -0.4 is 0 Å². The lowest BCUT2D eigenvalue weighted by molar-refractivity contribution is 1.06. The van der Waals surface area contributed by atoms with Gasteiger partial charge in [0.15, 0.2) is 0 Å². The van der Waals surface area contributed by atoms with Gasteiger partial charge in [-0.2, -0.15) is 10.2 Å². The Labute approximate surface area is 368 Å². The molecule has 64 heavy (non-hydrogen) atoms. The predicted molar refractivity (Wildman–Crippen MR) is 265 cm³/mol. The van der Waals surface area contributed by atoms with E-state index >= 15 is 0 Å². The summed E-state index contributed by atoms with van der Waals surface area (Å²) in [5.74, 6) is 0. The largest absolute Gasteiger partial charge is 0.264 e. The fraction of sp³-hybridized carbons (Fsp3) is 0. The molecule has 13 rings (SSSR count). The summed E-state index contributed by atoms with van der Waals surface area (Å²) >= 11 is 0. The quantitative estimate of drug-likeness (QED) is 0.128. The second-order valence-electron chi connectivity index (χ2n) is 16.5. The first-order valence-corrected chi connectivity index (χ1v) is 21.6. The Morgan fingerprint density at radius 1 is 0.250 bits per heavy atom. The molecule has 0 atom stereocenters. The predicted octanol–water partition coefficient (Wildman–Crippen LogP) is 15.1. The van der Waals surface area contributed by atoms with Crippen molar-refractivity contribution in [3.05, 3.63) is 213 Å². The molecule has 0 saturated heterocycles. The summed E-state index contributed by atoms with van der Waals surface area (Å²) in [4.78, 5) is 4.48. The highest BCUT2D eigenvalue weighted by molar-refractivity contribution is 6.30. The lowest BCUT2D eigenvalue weighted by Gasteiger charge is -2.22. The van der Waals surface area contributed by atoms with Crippen molar-refractivity contribution >= 4 is 75.4 Å². The highest BCUT2D eigenvalue weighted by Gasteiger charge is 2.25. The summed E-state index contributed by atoms with van der Waals surface area (Å²) in [7, 11) is 0. The van der Waals surface area contributed by atoms with Gasteiger partial charge in [-0.15, -0.1) is 10.2 Å². The van der Waals surface area contributed by atoms with Gasteiger partial charge >= 0.3 is 0 Å². The van der Waals surface area contributed by atoms with Crippen molar-refractivity contribution < 1.29 is 0 Å². The van der Waals surface area contributed by atoms with Gasteiger partial charge in [-0.05, 0) is 118 Å². The second kappa shape index (κ2) is 14.5. The molecule has 296 valence electrons. The molecular formula is C59H35N5. The molecule has 0 bridgehead atoms. The van der Waals surface area contributed by atoms with Crippen LogP contribution >= 0.6 is 0 Å². The zero-order valence-corrected chi connectivity index (χ0v) is 34.4. The molecule has 13 aromatic rings. The number of hydrogen-bond acceptors (Lipinski definition) is 5. The van der Waals surface area contributed by atoms with Crippen LogP contribution in [-0.2, 0) is 0 Å². The van der Waals surface area contributed by atoms with Gasteiger partial charge in [-0.25, -0.2) is 0 Å². The summed E-state index contributed by atoms with van der Waals surface area (Å²) in [6, 6.07) is 68.0. The van der Waals surface area contributed by atoms with Crippen LogP contribution in [0, 0.1) is 0 Å². The molecular weight excluding hydrogens is 779 g/mol.